The number of carboxylic acid groups (broad SMARTS) is 1. The van der Waals surface area contributed by atoms with E-state index in [1.165, 1.54) is 19.2 Å². The summed E-state index contributed by atoms with van der Waals surface area (Å²) >= 11 is 0. The van der Waals surface area contributed by atoms with E-state index in [1.807, 2.05) is 6.92 Å². The first-order chi connectivity index (χ1) is 10.8. The SMILES string of the molecule is CCCC(=O)c1c(C)cc(C(=O)N[C@@H](CO)C(=O)O)cc1OC. The van der Waals surface area contributed by atoms with Crippen molar-refractivity contribution in [3.05, 3.63) is 28.8 Å². The van der Waals surface area contributed by atoms with Crippen LogP contribution in [-0.4, -0.2) is 47.6 Å². The summed E-state index contributed by atoms with van der Waals surface area (Å²) in [6.07, 6.45) is 1.06. The van der Waals surface area contributed by atoms with E-state index in [-0.39, 0.29) is 17.1 Å². The highest BCUT2D eigenvalue weighted by Crippen LogP contribution is 2.26. The molecule has 0 saturated heterocycles. The Hall–Kier alpha value is -2.41. The topological polar surface area (TPSA) is 113 Å². The molecule has 1 aromatic rings. The van der Waals surface area contributed by atoms with Gasteiger partial charge in [0, 0.05) is 12.0 Å². The summed E-state index contributed by atoms with van der Waals surface area (Å²) in [6, 6.07) is 1.49. The number of aliphatic hydroxyl groups is 1. The minimum atomic E-state index is -1.39. The van der Waals surface area contributed by atoms with Crippen LogP contribution in [-0.2, 0) is 4.79 Å². The van der Waals surface area contributed by atoms with E-state index in [9.17, 15) is 14.4 Å². The highest BCUT2D eigenvalue weighted by molar-refractivity contribution is 6.03. The normalized spacial score (nSPS) is 11.7. The molecule has 0 saturated carbocycles. The second-order valence-corrected chi connectivity index (χ2v) is 5.09. The van der Waals surface area contributed by atoms with Gasteiger partial charge in [-0.25, -0.2) is 4.79 Å². The number of ether oxygens (including phenoxy) is 1. The molecule has 1 atom stereocenters. The summed E-state index contributed by atoms with van der Waals surface area (Å²) in [5.41, 5.74) is 1.15. The highest BCUT2D eigenvalue weighted by atomic mass is 16.5. The van der Waals surface area contributed by atoms with Crippen molar-refractivity contribution >= 4 is 17.7 Å². The monoisotopic (exact) mass is 323 g/mol. The van der Waals surface area contributed by atoms with Crippen molar-refractivity contribution in [1.29, 1.82) is 0 Å². The van der Waals surface area contributed by atoms with Gasteiger partial charge in [-0.2, -0.15) is 0 Å². The Kier molecular flexibility index (Phi) is 6.71. The number of carbonyl (C=O) groups is 3. The Morgan fingerprint density at radius 2 is 1.96 bits per heavy atom. The second kappa shape index (κ2) is 8.28. The Bertz CT molecular complexity index is 611. The molecule has 126 valence electrons. The third-order valence-corrected chi connectivity index (χ3v) is 3.32. The highest BCUT2D eigenvalue weighted by Gasteiger charge is 2.22. The standard InChI is InChI=1S/C16H21NO6/c1-4-5-12(19)14-9(2)6-10(7-13(14)23-3)15(20)17-11(8-18)16(21)22/h6-7,11,18H,4-5,8H2,1-3H3,(H,17,20)(H,21,22)/t11-/m0/s1. The van der Waals surface area contributed by atoms with E-state index < -0.39 is 24.5 Å². The molecule has 0 aliphatic carbocycles. The summed E-state index contributed by atoms with van der Waals surface area (Å²) in [5, 5.41) is 20.0. The maximum Gasteiger partial charge on any atom is 0.328 e. The van der Waals surface area contributed by atoms with Gasteiger partial charge in [0.25, 0.3) is 5.91 Å². The van der Waals surface area contributed by atoms with E-state index in [2.05, 4.69) is 5.32 Å². The van der Waals surface area contributed by atoms with Gasteiger partial charge >= 0.3 is 5.97 Å². The second-order valence-electron chi connectivity index (χ2n) is 5.09. The van der Waals surface area contributed by atoms with Gasteiger partial charge in [0.2, 0.25) is 0 Å². The molecule has 0 bridgehead atoms. The third kappa shape index (κ3) is 4.53. The van der Waals surface area contributed by atoms with E-state index in [0.29, 0.717) is 24.0 Å². The molecule has 0 fully saturated rings. The molecule has 7 heteroatoms. The molecule has 0 spiro atoms. The first-order valence-corrected chi connectivity index (χ1v) is 7.22. The van der Waals surface area contributed by atoms with Crippen LogP contribution in [0.2, 0.25) is 0 Å². The molecule has 0 aliphatic heterocycles. The molecular weight excluding hydrogens is 302 g/mol. The van der Waals surface area contributed by atoms with Crippen LogP contribution in [0, 0.1) is 6.92 Å². The molecule has 1 amide bonds. The van der Waals surface area contributed by atoms with E-state index in [4.69, 9.17) is 14.9 Å². The molecule has 3 N–H and O–H groups in total. The fourth-order valence-electron chi connectivity index (χ4n) is 2.18. The molecular formula is C16H21NO6. The Morgan fingerprint density at radius 3 is 2.43 bits per heavy atom. The smallest absolute Gasteiger partial charge is 0.328 e. The zero-order chi connectivity index (χ0) is 17.6. The lowest BCUT2D eigenvalue weighted by Crippen LogP contribution is -2.43. The van der Waals surface area contributed by atoms with Crippen LogP contribution in [0.25, 0.3) is 0 Å². The first kappa shape index (κ1) is 18.6. The Morgan fingerprint density at radius 1 is 1.30 bits per heavy atom. The predicted molar refractivity (Wildman–Crippen MR) is 82.9 cm³/mol. The number of aliphatic hydroxyl groups excluding tert-OH is 1. The van der Waals surface area contributed by atoms with Gasteiger partial charge in [0.05, 0.1) is 19.3 Å². The van der Waals surface area contributed by atoms with Gasteiger partial charge in [-0.3, -0.25) is 9.59 Å². The molecule has 0 aliphatic rings. The van der Waals surface area contributed by atoms with Crippen molar-refractivity contribution in [3.8, 4) is 5.75 Å². The van der Waals surface area contributed by atoms with Crippen LogP contribution in [0.3, 0.4) is 0 Å². The number of rotatable bonds is 8. The summed E-state index contributed by atoms with van der Waals surface area (Å²) < 4.78 is 5.20. The molecule has 0 aromatic heterocycles. The van der Waals surface area contributed by atoms with Crippen LogP contribution in [0.1, 0.15) is 46.0 Å². The fourth-order valence-corrected chi connectivity index (χ4v) is 2.18. The van der Waals surface area contributed by atoms with E-state index in [1.54, 1.807) is 6.92 Å². The third-order valence-electron chi connectivity index (χ3n) is 3.32. The number of nitrogens with one attached hydrogen (secondary N) is 1. The minimum absolute atomic E-state index is 0.0763. The van der Waals surface area contributed by atoms with Crippen molar-refractivity contribution in [3.63, 3.8) is 0 Å². The van der Waals surface area contributed by atoms with Crippen LogP contribution in [0.4, 0.5) is 0 Å². The van der Waals surface area contributed by atoms with Crippen molar-refractivity contribution in [2.75, 3.05) is 13.7 Å². The minimum Gasteiger partial charge on any atom is -0.496 e. The zero-order valence-corrected chi connectivity index (χ0v) is 13.4. The number of carboxylic acids is 1. The van der Waals surface area contributed by atoms with Crippen molar-refractivity contribution in [1.82, 2.24) is 5.32 Å². The van der Waals surface area contributed by atoms with E-state index >= 15 is 0 Å². The summed E-state index contributed by atoms with van der Waals surface area (Å²) in [4.78, 5) is 35.1. The number of aryl methyl sites for hydroxylation is 1. The van der Waals surface area contributed by atoms with Gasteiger partial charge in [-0.05, 0) is 31.0 Å². The van der Waals surface area contributed by atoms with Crippen molar-refractivity contribution < 1.29 is 29.3 Å². The van der Waals surface area contributed by atoms with Gasteiger partial charge < -0.3 is 20.3 Å². The van der Waals surface area contributed by atoms with Gasteiger partial charge in [0.1, 0.15) is 5.75 Å². The first-order valence-electron chi connectivity index (χ1n) is 7.22. The number of Topliss-reactive ketones (excluding diaryl/α,β-unsaturated/α-hetero) is 1. The molecule has 7 nitrogen and oxygen atoms in total. The average molecular weight is 323 g/mol. The van der Waals surface area contributed by atoms with Gasteiger partial charge in [-0.15, -0.1) is 0 Å². The maximum atomic E-state index is 12.1. The summed E-state index contributed by atoms with van der Waals surface area (Å²) in [7, 11) is 1.40. The number of hydrogen-bond donors (Lipinski definition) is 3. The van der Waals surface area contributed by atoms with Crippen LogP contribution < -0.4 is 10.1 Å². The van der Waals surface area contributed by atoms with Crippen LogP contribution >= 0.6 is 0 Å². The number of amides is 1. The maximum absolute atomic E-state index is 12.1. The number of benzene rings is 1. The van der Waals surface area contributed by atoms with Crippen molar-refractivity contribution in [2.24, 2.45) is 0 Å². The largest absolute Gasteiger partial charge is 0.496 e. The Labute approximate surface area is 134 Å². The lowest BCUT2D eigenvalue weighted by Gasteiger charge is -2.15. The number of ketones is 1. The molecule has 23 heavy (non-hydrogen) atoms. The van der Waals surface area contributed by atoms with Crippen molar-refractivity contribution in [2.45, 2.75) is 32.7 Å². The zero-order valence-electron chi connectivity index (χ0n) is 13.4. The Balaban J connectivity index is 3.15. The number of methoxy groups -OCH3 is 1. The summed E-state index contributed by atoms with van der Waals surface area (Å²) in [5.74, 6) is -1.81. The molecule has 0 radical (unpaired) electrons. The molecule has 1 rings (SSSR count). The van der Waals surface area contributed by atoms with E-state index in [0.717, 1.165) is 0 Å². The number of aliphatic carboxylic acids is 1. The predicted octanol–water partition coefficient (Wildman–Crippen LogP) is 1.16. The van der Waals surface area contributed by atoms with Crippen LogP contribution in [0.15, 0.2) is 12.1 Å². The fraction of sp³-hybridized carbons (Fsp3) is 0.438. The molecule has 0 unspecified atom stereocenters. The van der Waals surface area contributed by atoms with Gasteiger partial charge in [0.15, 0.2) is 11.8 Å². The van der Waals surface area contributed by atoms with Crippen LogP contribution in [0.5, 0.6) is 5.75 Å². The quantitative estimate of drug-likeness (QED) is 0.619. The lowest BCUT2D eigenvalue weighted by molar-refractivity contribution is -0.140. The summed E-state index contributed by atoms with van der Waals surface area (Å²) in [6.45, 7) is 2.86. The number of carbonyl (C=O) groups excluding carboxylic acids is 2. The molecule has 0 heterocycles. The number of hydrogen-bond acceptors (Lipinski definition) is 5. The lowest BCUT2D eigenvalue weighted by atomic mass is 9.97. The van der Waals surface area contributed by atoms with Gasteiger partial charge in [-0.1, -0.05) is 6.92 Å². The average Bonchev–Trinajstić information content (AvgIpc) is 2.51. The molecule has 1 aromatic carbocycles.